The number of aromatic nitrogens is 2. The molecule has 6 rings (SSSR count). The van der Waals surface area contributed by atoms with E-state index in [1.807, 2.05) is 95.6 Å². The summed E-state index contributed by atoms with van der Waals surface area (Å²) < 4.78 is 5.85. The van der Waals surface area contributed by atoms with E-state index < -0.39 is 0 Å². The van der Waals surface area contributed by atoms with Crippen LogP contribution in [0.4, 0.5) is 17.3 Å². The van der Waals surface area contributed by atoms with Gasteiger partial charge in [-0.3, -0.25) is 0 Å². The predicted octanol–water partition coefficient (Wildman–Crippen LogP) is 7.85. The molecule has 0 unspecified atom stereocenters. The van der Waals surface area contributed by atoms with E-state index in [1.54, 1.807) is 12.4 Å². The van der Waals surface area contributed by atoms with Gasteiger partial charge in [-0.25, -0.2) is 9.97 Å². The fraction of sp³-hybridized carbons (Fsp3) is 0.219. The van der Waals surface area contributed by atoms with Gasteiger partial charge >= 0.3 is 0 Å². The molecule has 0 bridgehead atoms. The molecular formula is C32H33IrN7O-4. The molecule has 41 heavy (non-hydrogen) atoms. The summed E-state index contributed by atoms with van der Waals surface area (Å²) in [6, 6.07) is 27.3. The second-order valence-electron chi connectivity index (χ2n) is 9.79. The zero-order valence-corrected chi connectivity index (χ0v) is 25.9. The van der Waals surface area contributed by atoms with Gasteiger partial charge in [0.15, 0.2) is 0 Å². The van der Waals surface area contributed by atoms with Crippen LogP contribution >= 0.6 is 0 Å². The Morgan fingerprint density at radius 1 is 0.854 bits per heavy atom. The van der Waals surface area contributed by atoms with Crippen LogP contribution in [0.15, 0.2) is 102 Å². The second kappa shape index (κ2) is 14.2. The van der Waals surface area contributed by atoms with Crippen LogP contribution in [0.2, 0.25) is 0 Å². The van der Waals surface area contributed by atoms with E-state index in [2.05, 4.69) is 55.1 Å². The Hall–Kier alpha value is -3.75. The number of para-hydroxylation sites is 1. The molecule has 8 nitrogen and oxygen atoms in total. The Kier molecular flexibility index (Phi) is 10.5. The van der Waals surface area contributed by atoms with Gasteiger partial charge in [-0.15, -0.1) is 23.8 Å². The van der Waals surface area contributed by atoms with Crippen molar-refractivity contribution in [2.75, 3.05) is 9.80 Å². The first-order chi connectivity index (χ1) is 19.5. The molecule has 0 aliphatic carbocycles. The molecule has 0 fully saturated rings. The van der Waals surface area contributed by atoms with E-state index in [1.165, 1.54) is 0 Å². The third-order valence-electron chi connectivity index (χ3n) is 6.00. The molecule has 0 saturated carbocycles. The van der Waals surface area contributed by atoms with Crippen LogP contribution in [0.1, 0.15) is 27.7 Å². The Labute approximate surface area is 255 Å². The summed E-state index contributed by atoms with van der Waals surface area (Å²) in [7, 11) is 0. The molecule has 3 aromatic heterocycles. The quantitative estimate of drug-likeness (QED) is 0.164. The van der Waals surface area contributed by atoms with Crippen LogP contribution in [0.5, 0.6) is 0 Å². The average molecular weight is 724 g/mol. The maximum absolute atomic E-state index is 5.85. The van der Waals surface area contributed by atoms with Gasteiger partial charge in [-0.1, -0.05) is 63.4 Å². The normalized spacial score (nSPS) is 12.5. The maximum atomic E-state index is 5.85. The number of fused-ring (bicyclic) bond motifs is 3. The molecule has 215 valence electrons. The van der Waals surface area contributed by atoms with Crippen molar-refractivity contribution in [3.8, 4) is 0 Å². The smallest absolute Gasteiger partial charge is 0.131 e. The third-order valence-corrected chi connectivity index (χ3v) is 6.00. The summed E-state index contributed by atoms with van der Waals surface area (Å²) in [5.41, 5.74) is 2.76. The van der Waals surface area contributed by atoms with Crippen LogP contribution in [0.3, 0.4) is 0 Å². The van der Waals surface area contributed by atoms with Gasteiger partial charge in [0.25, 0.3) is 0 Å². The molecule has 4 heterocycles. The molecule has 1 aliphatic heterocycles. The van der Waals surface area contributed by atoms with Crippen molar-refractivity contribution in [1.29, 1.82) is 0 Å². The molecule has 1 N–H and O–H groups in total. The summed E-state index contributed by atoms with van der Waals surface area (Å²) in [5.74, 6) is 1.58. The molecule has 9 heteroatoms. The molecule has 2 aromatic carbocycles. The van der Waals surface area contributed by atoms with E-state index in [0.29, 0.717) is 0 Å². The fourth-order valence-electron chi connectivity index (χ4n) is 4.29. The number of pyridine rings is 2. The number of hydrogen-bond donors (Lipinski definition) is 1. The van der Waals surface area contributed by atoms with Gasteiger partial charge in [0.2, 0.25) is 0 Å². The monoisotopic (exact) mass is 724 g/mol. The van der Waals surface area contributed by atoms with Crippen LogP contribution < -0.4 is 15.1 Å². The number of hydrogen-bond acceptors (Lipinski definition) is 6. The minimum Gasteiger partial charge on any atom is -0.658 e. The number of rotatable bonds is 8. The number of benzene rings is 2. The van der Waals surface area contributed by atoms with Crippen LogP contribution in [0.25, 0.3) is 32.6 Å². The Morgan fingerprint density at radius 2 is 1.49 bits per heavy atom. The number of nitrogens with zero attached hydrogens (tertiary/aromatic N) is 6. The Balaban J connectivity index is 0.000000187. The van der Waals surface area contributed by atoms with Crippen molar-refractivity contribution in [1.82, 2.24) is 15.3 Å². The zero-order valence-electron chi connectivity index (χ0n) is 23.5. The predicted molar refractivity (Wildman–Crippen MR) is 163 cm³/mol. The van der Waals surface area contributed by atoms with Gasteiger partial charge < -0.3 is 30.2 Å². The zero-order chi connectivity index (χ0) is 27.9. The van der Waals surface area contributed by atoms with E-state index in [9.17, 15) is 0 Å². The van der Waals surface area contributed by atoms with Crippen LogP contribution in [-0.4, -0.2) is 28.3 Å². The van der Waals surface area contributed by atoms with E-state index >= 15 is 0 Å². The third kappa shape index (κ3) is 7.51. The second-order valence-corrected chi connectivity index (χ2v) is 9.79. The van der Waals surface area contributed by atoms with Crippen molar-refractivity contribution >= 4 is 39.3 Å². The van der Waals surface area contributed by atoms with E-state index in [-0.39, 0.29) is 38.5 Å². The van der Waals surface area contributed by atoms with Gasteiger partial charge in [0.05, 0.1) is 0 Å². The Bertz CT molecular complexity index is 1490. The average Bonchev–Trinajstić information content (AvgIpc) is 3.62. The Morgan fingerprint density at radius 3 is 2.05 bits per heavy atom. The summed E-state index contributed by atoms with van der Waals surface area (Å²) in [5, 5.41) is 14.8. The molecule has 1 aliphatic rings. The molecule has 1 radical (unpaired) electrons. The maximum Gasteiger partial charge on any atom is 0.131 e. The summed E-state index contributed by atoms with van der Waals surface area (Å²) in [6.45, 7) is 10.1. The van der Waals surface area contributed by atoms with E-state index in [0.717, 1.165) is 39.3 Å². The molecule has 0 atom stereocenters. The summed E-state index contributed by atoms with van der Waals surface area (Å²) in [4.78, 5) is 12.9. The van der Waals surface area contributed by atoms with Crippen molar-refractivity contribution in [3.63, 3.8) is 0 Å². The van der Waals surface area contributed by atoms with Gasteiger partial charge in [-0.2, -0.15) is 25.1 Å². The molecule has 5 aromatic rings. The summed E-state index contributed by atoms with van der Waals surface area (Å²) >= 11 is 0. The standard InChI is InChI=1S/C17H23N5.C15H10N2O.Ir/c1-13(2)20-17(21-14(3)4)22(15-9-5-7-11-18-15)16-10-6-8-12-19-16;1-2-4-14-12(3-1)13-6-5-11(9-15(13)18-14)17-8-7-16-10-17;/h5-14,17H,1-4H3;1-4,6-10,16H;/q2*-2;. The number of nitrogens with one attached hydrogen (secondary N) is 1. The topological polar surface area (TPSA) is 85.6 Å². The first-order valence-corrected chi connectivity index (χ1v) is 13.4. The van der Waals surface area contributed by atoms with Gasteiger partial charge in [-0.05, 0) is 48.1 Å². The molecule has 0 spiro atoms. The van der Waals surface area contributed by atoms with Gasteiger partial charge in [0.1, 0.15) is 17.2 Å². The minimum atomic E-state index is -0.343. The summed E-state index contributed by atoms with van der Waals surface area (Å²) in [6.07, 6.45) is 7.02. The largest absolute Gasteiger partial charge is 0.658 e. The molecular weight excluding hydrogens is 691 g/mol. The minimum absolute atomic E-state index is 0. The fourth-order valence-corrected chi connectivity index (χ4v) is 4.29. The van der Waals surface area contributed by atoms with Crippen LogP contribution in [0, 0.1) is 12.7 Å². The number of furan rings is 1. The molecule has 0 saturated heterocycles. The van der Waals surface area contributed by atoms with Crippen molar-refractivity contribution in [2.45, 2.75) is 46.1 Å². The first-order valence-electron chi connectivity index (χ1n) is 13.4. The number of anilines is 3. The van der Waals surface area contributed by atoms with Crippen molar-refractivity contribution < 1.29 is 24.5 Å². The molecule has 0 amide bonds. The SMILES string of the molecule is CC(C)[N-]C([N-]C(C)C)N(c1ccccn1)c1ccccn1.[Ir].[c-]1cc2c(cc1N1C=CN[CH-]1)oc1ccccc12. The van der Waals surface area contributed by atoms with Crippen molar-refractivity contribution in [2.24, 2.45) is 0 Å². The van der Waals surface area contributed by atoms with Crippen LogP contribution in [-0.2, 0) is 20.1 Å². The van der Waals surface area contributed by atoms with Crippen molar-refractivity contribution in [3.05, 3.63) is 121 Å². The van der Waals surface area contributed by atoms with E-state index in [4.69, 9.17) is 15.1 Å². The first kappa shape index (κ1) is 30.2. The van der Waals surface area contributed by atoms with Gasteiger partial charge in [0, 0.05) is 38.1 Å².